The van der Waals surface area contributed by atoms with E-state index < -0.39 is 10.4 Å². The first kappa shape index (κ1) is 20.6. The monoisotopic (exact) mass is 300 g/mol. The highest BCUT2D eigenvalue weighted by atomic mass is 32.3. The maximum Gasteiger partial charge on any atom is 0.394 e. The van der Waals surface area contributed by atoms with E-state index in [2.05, 4.69) is 16.2 Å². The Morgan fingerprint density at radius 2 is 1.06 bits per heavy atom. The molecule has 1 atom stereocenters. The summed E-state index contributed by atoms with van der Waals surface area (Å²) >= 11 is 0. The fourth-order valence-electron chi connectivity index (χ4n) is 1.63. The highest BCUT2D eigenvalue weighted by molar-refractivity contribution is 7.79. The van der Waals surface area contributed by atoms with Gasteiger partial charge in [-0.2, -0.15) is 8.42 Å². The molecule has 0 aromatic heterocycles. The van der Waals surface area contributed by atoms with Crippen molar-refractivity contribution in [1.29, 1.82) is 0 Å². The maximum atomic E-state index is 8.74. The first-order valence-corrected chi connectivity index (χ1v) is 9.03. The third-order valence-electron chi connectivity index (χ3n) is 2.56. The molecule has 18 heavy (non-hydrogen) atoms. The fraction of sp³-hybridized carbons (Fsp3) is 1.00. The minimum atomic E-state index is -4.67. The van der Waals surface area contributed by atoms with Gasteiger partial charge in [0.05, 0.1) is 0 Å². The highest BCUT2D eigenvalue weighted by Crippen LogP contribution is 2.10. The summed E-state index contributed by atoms with van der Waals surface area (Å²) in [5.74, 6) is 0. The van der Waals surface area contributed by atoms with E-state index in [-0.39, 0.29) is 0 Å². The Hall–Kier alpha value is 0.300. The van der Waals surface area contributed by atoms with Crippen LogP contribution in [0.4, 0.5) is 0 Å². The van der Waals surface area contributed by atoms with Crippen molar-refractivity contribution in [3.63, 3.8) is 0 Å². The molecule has 0 bridgehead atoms. The normalized spacial score (nSPS) is 10.9. The van der Waals surface area contributed by atoms with Crippen molar-refractivity contribution in [2.45, 2.75) is 71.1 Å². The molecule has 0 aliphatic carbocycles. The van der Waals surface area contributed by atoms with Gasteiger partial charge in [0, 0.05) is 0 Å². The second-order valence-electron chi connectivity index (χ2n) is 4.42. The van der Waals surface area contributed by atoms with Gasteiger partial charge in [0.1, 0.15) is 0 Å². The van der Waals surface area contributed by atoms with Crippen molar-refractivity contribution >= 4 is 19.6 Å². The van der Waals surface area contributed by atoms with Gasteiger partial charge < -0.3 is 0 Å². The van der Waals surface area contributed by atoms with Crippen LogP contribution in [-0.2, 0) is 10.4 Å². The molecule has 0 amide bonds. The van der Waals surface area contributed by atoms with Crippen LogP contribution in [0.5, 0.6) is 0 Å². The molecule has 0 aromatic carbocycles. The summed E-state index contributed by atoms with van der Waals surface area (Å²) in [7, 11) is -1.86. The third-order valence-corrected chi connectivity index (χ3v) is 2.97. The molecule has 6 heteroatoms. The summed E-state index contributed by atoms with van der Waals surface area (Å²) in [4.78, 5) is 0. The second-order valence-corrected chi connectivity index (χ2v) is 5.89. The Bertz CT molecular complexity index is 224. The Balaban J connectivity index is 0. The molecule has 0 spiro atoms. The topological polar surface area (TPSA) is 74.6 Å². The largest absolute Gasteiger partial charge is 0.394 e. The molecule has 0 fully saturated rings. The average molecular weight is 300 g/mol. The molecular weight excluding hydrogens is 271 g/mol. The Labute approximate surface area is 115 Å². The van der Waals surface area contributed by atoms with Crippen molar-refractivity contribution < 1.29 is 17.5 Å². The quantitative estimate of drug-likeness (QED) is 0.361. The molecule has 0 rings (SSSR count). The number of hydrogen-bond acceptors (Lipinski definition) is 2. The van der Waals surface area contributed by atoms with E-state index in [1.807, 2.05) is 0 Å². The van der Waals surface area contributed by atoms with Gasteiger partial charge in [-0.1, -0.05) is 64.7 Å². The van der Waals surface area contributed by atoms with E-state index >= 15 is 0 Å². The van der Waals surface area contributed by atoms with Crippen molar-refractivity contribution in [2.75, 3.05) is 6.16 Å². The first-order chi connectivity index (χ1) is 8.41. The Morgan fingerprint density at radius 3 is 1.33 bits per heavy atom. The van der Waals surface area contributed by atoms with Gasteiger partial charge in [0.15, 0.2) is 0 Å². The average Bonchev–Trinajstić information content (AvgIpc) is 2.25. The number of hydrogen-bond donors (Lipinski definition) is 2. The zero-order chi connectivity index (χ0) is 14.3. The van der Waals surface area contributed by atoms with Crippen LogP contribution >= 0.6 is 9.24 Å². The lowest BCUT2D eigenvalue weighted by atomic mass is 10.1. The lowest BCUT2D eigenvalue weighted by molar-refractivity contribution is 0.381. The highest BCUT2D eigenvalue weighted by Gasteiger charge is 1.91. The van der Waals surface area contributed by atoms with Gasteiger partial charge in [-0.3, -0.25) is 9.11 Å². The molecule has 1 unspecified atom stereocenters. The predicted molar refractivity (Wildman–Crippen MR) is 80.6 cm³/mol. The molecule has 0 saturated heterocycles. The van der Waals surface area contributed by atoms with Crippen LogP contribution in [0.1, 0.15) is 71.1 Å². The lowest BCUT2D eigenvalue weighted by Gasteiger charge is -2.00. The van der Waals surface area contributed by atoms with E-state index in [1.165, 1.54) is 70.4 Å². The second kappa shape index (κ2) is 15.4. The SMILES string of the molecule is CCCCCCCCCCCCP.O=S(=O)(O)O. The summed E-state index contributed by atoms with van der Waals surface area (Å²) < 4.78 is 31.6. The zero-order valence-corrected chi connectivity index (χ0v) is 13.4. The standard InChI is InChI=1S/C12H27P.H2O4S/c1-2-3-4-5-6-7-8-9-10-11-12-13;1-5(2,3)4/h2-13H2,1H3;(H2,1,2,3,4). The van der Waals surface area contributed by atoms with Gasteiger partial charge in [0.25, 0.3) is 0 Å². The molecule has 4 nitrogen and oxygen atoms in total. The van der Waals surface area contributed by atoms with Crippen LogP contribution in [0.3, 0.4) is 0 Å². The third kappa shape index (κ3) is 36.0. The smallest absolute Gasteiger partial charge is 0.264 e. The molecular formula is C12H29O4PS. The van der Waals surface area contributed by atoms with Crippen molar-refractivity contribution in [1.82, 2.24) is 0 Å². The summed E-state index contributed by atoms with van der Waals surface area (Å²) in [6, 6.07) is 0. The summed E-state index contributed by atoms with van der Waals surface area (Å²) in [5, 5.41) is 0. The molecule has 2 N–H and O–H groups in total. The Morgan fingerprint density at radius 1 is 0.778 bits per heavy atom. The van der Waals surface area contributed by atoms with E-state index in [0.717, 1.165) is 0 Å². The molecule has 112 valence electrons. The van der Waals surface area contributed by atoms with Gasteiger partial charge in [-0.15, -0.1) is 9.24 Å². The molecule has 0 saturated carbocycles. The van der Waals surface area contributed by atoms with Crippen molar-refractivity contribution in [3.05, 3.63) is 0 Å². The van der Waals surface area contributed by atoms with Gasteiger partial charge in [-0.25, -0.2) is 0 Å². The lowest BCUT2D eigenvalue weighted by Crippen LogP contribution is -1.89. The van der Waals surface area contributed by atoms with Crippen LogP contribution in [0.15, 0.2) is 0 Å². The van der Waals surface area contributed by atoms with E-state index in [1.54, 1.807) is 0 Å². The van der Waals surface area contributed by atoms with Crippen LogP contribution in [-0.4, -0.2) is 23.7 Å². The summed E-state index contributed by atoms with van der Waals surface area (Å²) in [6.07, 6.45) is 15.7. The predicted octanol–water partition coefficient (Wildman–Crippen LogP) is 4.13. The van der Waals surface area contributed by atoms with Crippen LogP contribution in [0.2, 0.25) is 0 Å². The fourth-order valence-corrected chi connectivity index (χ4v) is 1.92. The zero-order valence-electron chi connectivity index (χ0n) is 11.5. The van der Waals surface area contributed by atoms with E-state index in [0.29, 0.717) is 0 Å². The summed E-state index contributed by atoms with van der Waals surface area (Å²) in [5.41, 5.74) is 0. The molecule has 0 aromatic rings. The van der Waals surface area contributed by atoms with Crippen molar-refractivity contribution in [2.24, 2.45) is 0 Å². The minimum Gasteiger partial charge on any atom is -0.264 e. The molecule has 0 aliphatic heterocycles. The molecule has 0 aliphatic rings. The molecule has 0 radical (unpaired) electrons. The van der Waals surface area contributed by atoms with Gasteiger partial charge in [0.2, 0.25) is 0 Å². The van der Waals surface area contributed by atoms with E-state index in [4.69, 9.17) is 17.5 Å². The number of rotatable bonds is 10. The van der Waals surface area contributed by atoms with Crippen LogP contribution in [0, 0.1) is 0 Å². The van der Waals surface area contributed by atoms with Gasteiger partial charge in [-0.05, 0) is 12.6 Å². The first-order valence-electron chi connectivity index (χ1n) is 6.81. The van der Waals surface area contributed by atoms with Gasteiger partial charge >= 0.3 is 10.4 Å². The maximum absolute atomic E-state index is 8.74. The van der Waals surface area contributed by atoms with Crippen LogP contribution in [0.25, 0.3) is 0 Å². The molecule has 0 heterocycles. The number of unbranched alkanes of at least 4 members (excludes halogenated alkanes) is 9. The summed E-state index contributed by atoms with van der Waals surface area (Å²) in [6.45, 7) is 2.28. The minimum absolute atomic E-state index is 1.29. The van der Waals surface area contributed by atoms with Crippen molar-refractivity contribution in [3.8, 4) is 0 Å². The van der Waals surface area contributed by atoms with E-state index in [9.17, 15) is 0 Å². The Kier molecular flexibility index (Phi) is 17.6. The van der Waals surface area contributed by atoms with Crippen LogP contribution < -0.4 is 0 Å².